The van der Waals surface area contributed by atoms with Crippen molar-refractivity contribution in [2.45, 2.75) is 85.5 Å². The number of hydrogen-bond acceptors (Lipinski definition) is 6. The molecule has 0 saturated heterocycles. The molecule has 1 aromatic carbocycles. The van der Waals surface area contributed by atoms with Crippen molar-refractivity contribution in [2.24, 2.45) is 11.7 Å². The average molecular weight is 557 g/mol. The highest BCUT2D eigenvalue weighted by atomic mass is 16.2. The molecule has 0 atom stereocenters. The molecule has 0 heterocycles. The van der Waals surface area contributed by atoms with Crippen molar-refractivity contribution in [3.05, 3.63) is 64.9 Å². The van der Waals surface area contributed by atoms with Crippen molar-refractivity contribution in [3.63, 3.8) is 0 Å². The zero-order valence-electron chi connectivity index (χ0n) is 25.6. The van der Waals surface area contributed by atoms with Gasteiger partial charge in [0.05, 0.1) is 5.70 Å². The molecule has 2 aliphatic rings. The van der Waals surface area contributed by atoms with Gasteiger partial charge in [-0.15, -0.1) is 0 Å². The Hall–Kier alpha value is -3.52. The summed E-state index contributed by atoms with van der Waals surface area (Å²) < 4.78 is 0. The molecular weight excluding hydrogens is 504 g/mol. The molecule has 0 radical (unpaired) electrons. The number of rotatable bonds is 9. The Morgan fingerprint density at radius 3 is 2.00 bits per heavy atom. The quantitative estimate of drug-likeness (QED) is 0.147. The van der Waals surface area contributed by atoms with Crippen molar-refractivity contribution in [1.29, 1.82) is 5.41 Å². The lowest BCUT2D eigenvalue weighted by molar-refractivity contribution is -0.112. The van der Waals surface area contributed by atoms with Gasteiger partial charge < -0.3 is 26.3 Å². The number of aryl methyl sites for hydroxylation is 2. The van der Waals surface area contributed by atoms with E-state index in [1.807, 2.05) is 20.8 Å². The molecule has 0 aromatic heterocycles. The minimum absolute atomic E-state index is 0.237. The van der Waals surface area contributed by atoms with Crippen LogP contribution in [0.15, 0.2) is 48.2 Å². The second-order valence-electron chi connectivity index (χ2n) is 9.37. The van der Waals surface area contributed by atoms with Gasteiger partial charge in [0.1, 0.15) is 12.0 Å². The second kappa shape index (κ2) is 23.4. The highest BCUT2D eigenvalue weighted by Gasteiger charge is 2.26. The number of aliphatic hydroxyl groups is 1. The number of carbonyl (C=O) groups is 3. The van der Waals surface area contributed by atoms with E-state index in [9.17, 15) is 14.4 Å². The maximum atomic E-state index is 10.7. The molecule has 0 unspecified atom stereocenters. The van der Waals surface area contributed by atoms with Crippen LogP contribution in [0.3, 0.4) is 0 Å². The van der Waals surface area contributed by atoms with Gasteiger partial charge in [0.25, 0.3) is 5.91 Å². The summed E-state index contributed by atoms with van der Waals surface area (Å²) in [6.45, 7) is 13.7. The minimum Gasteiger partial charge on any atom is -0.400 e. The van der Waals surface area contributed by atoms with Crippen LogP contribution in [0.4, 0.5) is 5.69 Å². The topological polar surface area (TPSA) is 145 Å². The van der Waals surface area contributed by atoms with E-state index in [0.29, 0.717) is 17.5 Å². The monoisotopic (exact) mass is 556 g/mol. The normalized spacial score (nSPS) is 14.2. The number of allylic oxidation sites excluding steroid dienone is 4. The van der Waals surface area contributed by atoms with E-state index >= 15 is 0 Å². The number of nitrogens with one attached hydrogen (secondary N) is 3. The molecule has 40 heavy (non-hydrogen) atoms. The van der Waals surface area contributed by atoms with Gasteiger partial charge in [-0.3, -0.25) is 15.0 Å². The van der Waals surface area contributed by atoms with Crippen molar-refractivity contribution in [2.75, 3.05) is 19.5 Å². The molecular formula is C32H52N4O4. The lowest BCUT2D eigenvalue weighted by Crippen LogP contribution is -2.29. The fraction of sp³-hybridized carbons (Fsp3) is 0.500. The van der Waals surface area contributed by atoms with E-state index in [-0.39, 0.29) is 5.71 Å². The lowest BCUT2D eigenvalue weighted by Gasteiger charge is -2.14. The fourth-order valence-corrected chi connectivity index (χ4v) is 3.76. The molecule has 3 rings (SSSR count). The van der Waals surface area contributed by atoms with E-state index in [2.05, 4.69) is 43.2 Å². The summed E-state index contributed by atoms with van der Waals surface area (Å²) in [7, 11) is 2.62. The molecule has 8 nitrogen and oxygen atoms in total. The standard InChI is InChI=1S/C12H15NO.C10H15N3O.C7H12O.C2H6.CH4O/c1-8-5-11(10-3-4-10)12(13-7-14)6-9(8)2;1-7(2)5-4-6-8(13-3)9(11)10(12)14;8-6-7-4-2-1-3-5-7;2*1-2/h5-7,10H,3-4H2,1-2H3,(H,13,14);4-6,11,13H,1H2,2-3H3,(H2,12,14);6-7H,1-5H2;1-2H3;2H,1H3/b;5-4+,8-6+,11-9?;;;. The number of carbonyl (C=O) groups excluding carboxylic acids is 3. The average Bonchev–Trinajstić information content (AvgIpc) is 3.81. The maximum absolute atomic E-state index is 10.7. The third kappa shape index (κ3) is 16.4. The molecule has 2 aliphatic carbocycles. The van der Waals surface area contributed by atoms with Crippen molar-refractivity contribution < 1.29 is 19.5 Å². The summed E-state index contributed by atoms with van der Waals surface area (Å²) in [5, 5.41) is 19.8. The Balaban J connectivity index is 0. The number of nitrogens with two attached hydrogens (primary N) is 1. The molecule has 224 valence electrons. The van der Waals surface area contributed by atoms with Crippen LogP contribution in [0.1, 0.15) is 88.3 Å². The van der Waals surface area contributed by atoms with E-state index < -0.39 is 5.91 Å². The smallest absolute Gasteiger partial charge is 0.268 e. The van der Waals surface area contributed by atoms with Crippen LogP contribution in [0.2, 0.25) is 0 Å². The largest absolute Gasteiger partial charge is 0.400 e. The molecule has 0 aliphatic heterocycles. The van der Waals surface area contributed by atoms with Gasteiger partial charge in [-0.05, 0) is 81.2 Å². The Morgan fingerprint density at radius 1 is 1.05 bits per heavy atom. The molecule has 2 saturated carbocycles. The number of hydrogen-bond donors (Lipinski definition) is 5. The number of aldehydes is 1. The summed E-state index contributed by atoms with van der Waals surface area (Å²) in [5.41, 5.74) is 10.8. The van der Waals surface area contributed by atoms with Crippen LogP contribution >= 0.6 is 0 Å². The minimum atomic E-state index is -0.755. The number of benzene rings is 1. The SMILES string of the molecule is C=C(C)/C=C/C=C(/NC)C(=N)C(N)=O.CC.CO.Cc1cc(NC=O)c(C2CC2)cc1C.O=CC1CCCCC1. The molecule has 8 heteroatoms. The molecule has 6 N–H and O–H groups in total. The Bertz CT molecular complexity index is 989. The first-order valence-electron chi connectivity index (χ1n) is 14.0. The van der Waals surface area contributed by atoms with E-state index in [4.69, 9.17) is 16.2 Å². The van der Waals surface area contributed by atoms with Gasteiger partial charge >= 0.3 is 0 Å². The summed E-state index contributed by atoms with van der Waals surface area (Å²) in [5.74, 6) is 0.329. The predicted molar refractivity (Wildman–Crippen MR) is 168 cm³/mol. The van der Waals surface area contributed by atoms with Gasteiger partial charge in [0, 0.05) is 25.8 Å². The summed E-state index contributed by atoms with van der Waals surface area (Å²) in [6, 6.07) is 4.27. The molecule has 0 bridgehead atoms. The van der Waals surface area contributed by atoms with Crippen LogP contribution in [-0.2, 0) is 14.4 Å². The Morgan fingerprint density at radius 2 is 1.60 bits per heavy atom. The van der Waals surface area contributed by atoms with Crippen LogP contribution in [0.5, 0.6) is 0 Å². The van der Waals surface area contributed by atoms with E-state index in [1.165, 1.54) is 48.8 Å². The van der Waals surface area contributed by atoms with Crippen molar-refractivity contribution in [1.82, 2.24) is 5.32 Å². The first-order chi connectivity index (χ1) is 19.1. The Labute approximate surface area is 241 Å². The highest BCUT2D eigenvalue weighted by molar-refractivity contribution is 6.43. The van der Waals surface area contributed by atoms with Crippen molar-refractivity contribution in [3.8, 4) is 0 Å². The van der Waals surface area contributed by atoms with Gasteiger partial charge in [-0.2, -0.15) is 0 Å². The summed E-state index contributed by atoms with van der Waals surface area (Å²) in [6.07, 6.45) is 15.6. The zero-order chi connectivity index (χ0) is 31.1. The van der Waals surface area contributed by atoms with Crippen LogP contribution < -0.4 is 16.4 Å². The first kappa shape index (κ1) is 38.6. The lowest BCUT2D eigenvalue weighted by atomic mass is 9.91. The number of anilines is 1. The van der Waals surface area contributed by atoms with Crippen LogP contribution in [0.25, 0.3) is 0 Å². The number of aliphatic hydroxyl groups excluding tert-OH is 1. The number of amides is 2. The number of primary amides is 1. The first-order valence-corrected chi connectivity index (χ1v) is 14.0. The highest BCUT2D eigenvalue weighted by Crippen LogP contribution is 2.44. The van der Waals surface area contributed by atoms with Gasteiger partial charge in [-0.1, -0.05) is 63.5 Å². The van der Waals surface area contributed by atoms with Gasteiger partial charge in [-0.25, -0.2) is 0 Å². The molecule has 2 fully saturated rings. The van der Waals surface area contributed by atoms with Gasteiger partial charge in [0.2, 0.25) is 6.41 Å². The molecule has 2 amide bonds. The third-order valence-corrected chi connectivity index (χ3v) is 6.17. The van der Waals surface area contributed by atoms with Crippen LogP contribution in [-0.4, -0.2) is 43.6 Å². The third-order valence-electron chi connectivity index (χ3n) is 6.17. The zero-order valence-corrected chi connectivity index (χ0v) is 25.6. The predicted octanol–water partition coefficient (Wildman–Crippen LogP) is 5.88. The molecule has 0 spiro atoms. The summed E-state index contributed by atoms with van der Waals surface area (Å²) in [4.78, 5) is 31.3. The van der Waals surface area contributed by atoms with Gasteiger partial charge in [0.15, 0.2) is 0 Å². The van der Waals surface area contributed by atoms with E-state index in [0.717, 1.165) is 43.9 Å². The fourth-order valence-electron chi connectivity index (χ4n) is 3.76. The summed E-state index contributed by atoms with van der Waals surface area (Å²) >= 11 is 0. The van der Waals surface area contributed by atoms with Crippen LogP contribution in [0, 0.1) is 25.2 Å². The van der Waals surface area contributed by atoms with E-state index in [1.54, 1.807) is 25.3 Å². The molecule has 1 aromatic rings. The maximum Gasteiger partial charge on any atom is 0.268 e. The van der Waals surface area contributed by atoms with Crippen molar-refractivity contribution >= 4 is 30.0 Å². The second-order valence-corrected chi connectivity index (χ2v) is 9.37. The Kier molecular flexibility index (Phi) is 22.6.